The number of halogens is 4. The summed E-state index contributed by atoms with van der Waals surface area (Å²) >= 11 is 5.38. The fourth-order valence-electron chi connectivity index (χ4n) is 0.861. The zero-order chi connectivity index (χ0) is 11.5. The van der Waals surface area contributed by atoms with Gasteiger partial charge in [0, 0.05) is 6.07 Å². The lowest BCUT2D eigenvalue weighted by Gasteiger charge is -2.09. The van der Waals surface area contributed by atoms with E-state index < -0.39 is 11.7 Å². The van der Waals surface area contributed by atoms with Gasteiger partial charge in [-0.1, -0.05) is 11.6 Å². The molecule has 7 heteroatoms. The highest BCUT2D eigenvalue weighted by atomic mass is 35.5. The van der Waals surface area contributed by atoms with Crippen molar-refractivity contribution in [3.63, 3.8) is 0 Å². The molecule has 0 unspecified atom stereocenters. The van der Waals surface area contributed by atoms with Crippen LogP contribution in [0.15, 0.2) is 12.1 Å². The van der Waals surface area contributed by atoms with Crippen molar-refractivity contribution in [3.05, 3.63) is 22.8 Å². The van der Waals surface area contributed by atoms with Crippen LogP contribution in [-0.4, -0.2) is 23.3 Å². The third-order valence-electron chi connectivity index (χ3n) is 1.44. The number of nitrogens with zero attached hydrogens (tertiary/aromatic N) is 1. The Hall–Kier alpha value is -1.01. The minimum atomic E-state index is -4.50. The number of aliphatic hydroxyl groups excluding tert-OH is 1. The molecule has 0 saturated heterocycles. The highest BCUT2D eigenvalue weighted by molar-refractivity contribution is 6.29. The number of aromatic nitrogens is 1. The smallest absolute Gasteiger partial charge is 0.416 e. The SMILES string of the molecule is OCCOc1cc(C(F)(F)F)cc(Cl)n1. The third-order valence-corrected chi connectivity index (χ3v) is 1.63. The van der Waals surface area contributed by atoms with Gasteiger partial charge in [0.2, 0.25) is 5.88 Å². The Morgan fingerprint density at radius 2 is 2.07 bits per heavy atom. The average molecular weight is 242 g/mol. The van der Waals surface area contributed by atoms with E-state index in [0.29, 0.717) is 6.07 Å². The second-order valence-electron chi connectivity index (χ2n) is 2.59. The first-order valence-corrected chi connectivity index (χ1v) is 4.29. The van der Waals surface area contributed by atoms with E-state index in [-0.39, 0.29) is 24.2 Å². The molecule has 1 N–H and O–H groups in total. The number of hydrogen-bond donors (Lipinski definition) is 1. The molecule has 0 radical (unpaired) electrons. The van der Waals surface area contributed by atoms with Crippen LogP contribution in [0.5, 0.6) is 5.88 Å². The molecule has 0 fully saturated rings. The molecule has 84 valence electrons. The van der Waals surface area contributed by atoms with Crippen molar-refractivity contribution in [2.45, 2.75) is 6.18 Å². The number of rotatable bonds is 3. The Labute approximate surface area is 88.5 Å². The Bertz CT molecular complexity index is 343. The van der Waals surface area contributed by atoms with Crippen LogP contribution >= 0.6 is 11.6 Å². The lowest BCUT2D eigenvalue weighted by molar-refractivity contribution is -0.137. The molecule has 0 spiro atoms. The summed E-state index contributed by atoms with van der Waals surface area (Å²) in [4.78, 5) is 3.52. The normalized spacial score (nSPS) is 11.5. The lowest BCUT2D eigenvalue weighted by atomic mass is 10.2. The molecule has 15 heavy (non-hydrogen) atoms. The largest absolute Gasteiger partial charge is 0.475 e. The molecule has 0 aliphatic carbocycles. The summed E-state index contributed by atoms with van der Waals surface area (Å²) in [5.74, 6) is -0.260. The van der Waals surface area contributed by atoms with Gasteiger partial charge in [-0.15, -0.1) is 0 Å². The van der Waals surface area contributed by atoms with Gasteiger partial charge in [-0.3, -0.25) is 0 Å². The topological polar surface area (TPSA) is 42.4 Å². The zero-order valence-electron chi connectivity index (χ0n) is 7.38. The van der Waals surface area contributed by atoms with Gasteiger partial charge in [-0.05, 0) is 6.07 Å². The van der Waals surface area contributed by atoms with E-state index in [0.717, 1.165) is 6.07 Å². The molecule has 1 rings (SSSR count). The van der Waals surface area contributed by atoms with Gasteiger partial charge in [-0.2, -0.15) is 13.2 Å². The van der Waals surface area contributed by atoms with Gasteiger partial charge in [-0.25, -0.2) is 4.98 Å². The minimum Gasteiger partial charge on any atom is -0.475 e. The first-order valence-electron chi connectivity index (χ1n) is 3.92. The maximum Gasteiger partial charge on any atom is 0.416 e. The van der Waals surface area contributed by atoms with Crippen molar-refractivity contribution < 1.29 is 23.0 Å². The van der Waals surface area contributed by atoms with Crippen LogP contribution in [-0.2, 0) is 6.18 Å². The number of hydrogen-bond acceptors (Lipinski definition) is 3. The van der Waals surface area contributed by atoms with Gasteiger partial charge in [0.15, 0.2) is 0 Å². The molecule has 0 atom stereocenters. The molecule has 0 aliphatic rings. The highest BCUT2D eigenvalue weighted by Gasteiger charge is 2.31. The van der Waals surface area contributed by atoms with E-state index >= 15 is 0 Å². The molecule has 1 heterocycles. The number of pyridine rings is 1. The van der Waals surface area contributed by atoms with Gasteiger partial charge < -0.3 is 9.84 Å². The Balaban J connectivity index is 2.95. The quantitative estimate of drug-likeness (QED) is 0.825. The fraction of sp³-hybridized carbons (Fsp3) is 0.375. The molecule has 1 aromatic heterocycles. The van der Waals surface area contributed by atoms with E-state index in [2.05, 4.69) is 4.98 Å². The third kappa shape index (κ3) is 3.56. The van der Waals surface area contributed by atoms with E-state index in [9.17, 15) is 13.2 Å². The first-order chi connectivity index (χ1) is 6.93. The standard InChI is InChI=1S/C8H7ClF3NO2/c9-6-3-5(8(10,11)12)4-7(13-6)15-2-1-14/h3-4,14H,1-2H2. The molecule has 0 bridgehead atoms. The zero-order valence-corrected chi connectivity index (χ0v) is 8.14. The van der Waals surface area contributed by atoms with Crippen molar-refractivity contribution in [1.82, 2.24) is 4.98 Å². The van der Waals surface area contributed by atoms with E-state index in [1.54, 1.807) is 0 Å². The molecule has 3 nitrogen and oxygen atoms in total. The van der Waals surface area contributed by atoms with Crippen LogP contribution in [0.2, 0.25) is 5.15 Å². The van der Waals surface area contributed by atoms with Crippen LogP contribution in [0.1, 0.15) is 5.56 Å². The van der Waals surface area contributed by atoms with Gasteiger partial charge >= 0.3 is 6.18 Å². The fourth-order valence-corrected chi connectivity index (χ4v) is 1.06. The molecular weight excluding hydrogens is 235 g/mol. The molecule has 0 amide bonds. The van der Waals surface area contributed by atoms with Crippen LogP contribution in [0.3, 0.4) is 0 Å². The summed E-state index contributed by atoms with van der Waals surface area (Å²) in [6.07, 6.45) is -4.50. The second-order valence-corrected chi connectivity index (χ2v) is 2.97. The van der Waals surface area contributed by atoms with Crippen LogP contribution in [0.25, 0.3) is 0 Å². The molecular formula is C8H7ClF3NO2. The van der Waals surface area contributed by atoms with E-state index in [1.165, 1.54) is 0 Å². The number of alkyl halides is 3. The van der Waals surface area contributed by atoms with Gasteiger partial charge in [0.05, 0.1) is 12.2 Å². The van der Waals surface area contributed by atoms with E-state index in [1.807, 2.05) is 0 Å². The van der Waals surface area contributed by atoms with Crippen LogP contribution < -0.4 is 4.74 Å². The van der Waals surface area contributed by atoms with Crippen molar-refractivity contribution in [2.24, 2.45) is 0 Å². The average Bonchev–Trinajstić information content (AvgIpc) is 2.12. The second kappa shape index (κ2) is 4.67. The number of aliphatic hydroxyl groups is 1. The summed E-state index contributed by atoms with van der Waals surface area (Å²) < 4.78 is 41.6. The molecule has 0 saturated carbocycles. The summed E-state index contributed by atoms with van der Waals surface area (Å²) in [6.45, 7) is -0.444. The monoisotopic (exact) mass is 241 g/mol. The van der Waals surface area contributed by atoms with Crippen LogP contribution in [0.4, 0.5) is 13.2 Å². The molecule has 1 aromatic rings. The van der Waals surface area contributed by atoms with Crippen molar-refractivity contribution in [3.8, 4) is 5.88 Å². The summed E-state index contributed by atoms with van der Waals surface area (Å²) in [7, 11) is 0. The minimum absolute atomic E-state index is 0.134. The first kappa shape index (κ1) is 12.1. The Morgan fingerprint density at radius 1 is 1.40 bits per heavy atom. The maximum atomic E-state index is 12.3. The van der Waals surface area contributed by atoms with Gasteiger partial charge in [0.25, 0.3) is 0 Å². The van der Waals surface area contributed by atoms with Gasteiger partial charge in [0.1, 0.15) is 11.8 Å². The van der Waals surface area contributed by atoms with Crippen molar-refractivity contribution >= 4 is 11.6 Å². The highest BCUT2D eigenvalue weighted by Crippen LogP contribution is 2.32. The predicted molar refractivity (Wildman–Crippen MR) is 46.8 cm³/mol. The molecule has 0 aromatic carbocycles. The lowest BCUT2D eigenvalue weighted by Crippen LogP contribution is -2.08. The summed E-state index contributed by atoms with van der Waals surface area (Å²) in [5, 5.41) is 8.11. The maximum absolute atomic E-state index is 12.3. The Morgan fingerprint density at radius 3 is 2.60 bits per heavy atom. The molecule has 0 aliphatic heterocycles. The van der Waals surface area contributed by atoms with Crippen molar-refractivity contribution in [1.29, 1.82) is 0 Å². The summed E-state index contributed by atoms with van der Waals surface area (Å²) in [5.41, 5.74) is -0.935. The number of ether oxygens (including phenoxy) is 1. The Kier molecular flexibility index (Phi) is 3.76. The van der Waals surface area contributed by atoms with E-state index in [4.69, 9.17) is 21.4 Å². The summed E-state index contributed by atoms with van der Waals surface area (Å²) in [6, 6.07) is 1.43. The van der Waals surface area contributed by atoms with Crippen molar-refractivity contribution in [2.75, 3.05) is 13.2 Å². The van der Waals surface area contributed by atoms with Crippen LogP contribution in [0, 0.1) is 0 Å². The predicted octanol–water partition coefficient (Wildman–Crippen LogP) is 2.12.